The van der Waals surface area contributed by atoms with E-state index in [-0.39, 0.29) is 12.5 Å². The number of urea groups is 1. The van der Waals surface area contributed by atoms with Crippen LogP contribution in [-0.4, -0.2) is 29.3 Å². The third-order valence-electron chi connectivity index (χ3n) is 5.35. The highest BCUT2D eigenvalue weighted by Crippen LogP contribution is 2.39. The summed E-state index contributed by atoms with van der Waals surface area (Å²) >= 11 is 6.15. The van der Waals surface area contributed by atoms with Gasteiger partial charge in [0.05, 0.1) is 10.7 Å². The minimum Gasteiger partial charge on any atom is -0.323 e. The summed E-state index contributed by atoms with van der Waals surface area (Å²) in [6.45, 7) is 1.53. The average Bonchev–Trinajstić information content (AvgIpc) is 2.89. The second kappa shape index (κ2) is 6.95. The van der Waals surface area contributed by atoms with Gasteiger partial charge < -0.3 is 10.6 Å². The van der Waals surface area contributed by atoms with E-state index in [9.17, 15) is 14.4 Å². The average molecular weight is 398 g/mol. The molecule has 4 rings (SSSR count). The van der Waals surface area contributed by atoms with Gasteiger partial charge in [-0.25, -0.2) is 4.79 Å². The topological polar surface area (TPSA) is 78.5 Å². The zero-order chi connectivity index (χ0) is 19.9. The van der Waals surface area contributed by atoms with Crippen LogP contribution in [-0.2, 0) is 21.5 Å². The number of anilines is 1. The summed E-state index contributed by atoms with van der Waals surface area (Å²) in [6.07, 6.45) is 2.19. The number of imide groups is 1. The molecule has 1 spiro atoms. The molecule has 0 unspecified atom stereocenters. The number of benzene rings is 2. The van der Waals surface area contributed by atoms with Crippen LogP contribution in [0.4, 0.5) is 10.5 Å². The minimum absolute atomic E-state index is 0.362. The number of nitrogens with zero attached hydrogens (tertiary/aromatic N) is 1. The van der Waals surface area contributed by atoms with Crippen molar-refractivity contribution in [3.8, 4) is 0 Å². The molecule has 7 heteroatoms. The Hall–Kier alpha value is -2.86. The summed E-state index contributed by atoms with van der Waals surface area (Å²) in [5.74, 6) is -0.856. The number of hydrogen-bond donors (Lipinski definition) is 2. The van der Waals surface area contributed by atoms with Crippen LogP contribution in [0.25, 0.3) is 0 Å². The largest absolute Gasteiger partial charge is 0.325 e. The van der Waals surface area contributed by atoms with Crippen LogP contribution < -0.4 is 10.6 Å². The van der Waals surface area contributed by atoms with E-state index in [1.54, 1.807) is 12.1 Å². The van der Waals surface area contributed by atoms with E-state index in [0.29, 0.717) is 17.1 Å². The number of aryl methyl sites for hydroxylation is 2. The zero-order valence-corrected chi connectivity index (χ0v) is 16.2. The molecule has 28 heavy (non-hydrogen) atoms. The van der Waals surface area contributed by atoms with Gasteiger partial charge in [0.15, 0.2) is 0 Å². The molecule has 4 amide bonds. The Morgan fingerprint density at radius 1 is 1.25 bits per heavy atom. The number of carbonyl (C=O) groups is 3. The second-order valence-corrected chi connectivity index (χ2v) is 7.68. The maximum Gasteiger partial charge on any atom is 0.325 e. The number of rotatable bonds is 3. The molecule has 144 valence electrons. The van der Waals surface area contributed by atoms with Gasteiger partial charge in [-0.15, -0.1) is 0 Å². The molecule has 0 bridgehead atoms. The van der Waals surface area contributed by atoms with Crippen molar-refractivity contribution in [1.82, 2.24) is 10.2 Å². The first-order valence-electron chi connectivity index (χ1n) is 9.19. The third-order valence-corrected chi connectivity index (χ3v) is 5.66. The molecule has 0 radical (unpaired) electrons. The number of hydrogen-bond acceptors (Lipinski definition) is 3. The van der Waals surface area contributed by atoms with E-state index in [1.807, 2.05) is 37.3 Å². The highest BCUT2D eigenvalue weighted by atomic mass is 35.5. The van der Waals surface area contributed by atoms with Crippen LogP contribution in [0.3, 0.4) is 0 Å². The van der Waals surface area contributed by atoms with Crippen LogP contribution in [0.2, 0.25) is 5.02 Å². The van der Waals surface area contributed by atoms with Crippen molar-refractivity contribution in [1.29, 1.82) is 0 Å². The number of nitrogens with one attached hydrogen (secondary N) is 2. The van der Waals surface area contributed by atoms with E-state index in [0.717, 1.165) is 34.4 Å². The predicted molar refractivity (Wildman–Crippen MR) is 106 cm³/mol. The lowest BCUT2D eigenvalue weighted by molar-refractivity contribution is -0.134. The van der Waals surface area contributed by atoms with Crippen LogP contribution in [0, 0.1) is 6.92 Å². The molecule has 2 aromatic carbocycles. The van der Waals surface area contributed by atoms with E-state index in [4.69, 9.17) is 11.6 Å². The third kappa shape index (κ3) is 3.03. The molecule has 2 aromatic rings. The van der Waals surface area contributed by atoms with Gasteiger partial charge >= 0.3 is 6.03 Å². The van der Waals surface area contributed by atoms with E-state index >= 15 is 0 Å². The quantitative estimate of drug-likeness (QED) is 0.779. The zero-order valence-electron chi connectivity index (χ0n) is 15.4. The standard InChI is InChI=1S/C21H20ClN3O3/c1-13-8-9-17(16(22)11-13)23-18(26)12-25-19(27)21(24-20(25)28)10-4-6-14-5-2-3-7-15(14)21/h2-3,5,7-9,11H,4,6,10,12H2,1H3,(H,23,26)(H,24,28)/t21-/m0/s1. The van der Waals surface area contributed by atoms with Crippen LogP contribution in [0.5, 0.6) is 0 Å². The van der Waals surface area contributed by atoms with Crippen molar-refractivity contribution in [2.75, 3.05) is 11.9 Å². The predicted octanol–water partition coefficient (Wildman–Crippen LogP) is 3.37. The van der Waals surface area contributed by atoms with Crippen LogP contribution in [0.15, 0.2) is 42.5 Å². The van der Waals surface area contributed by atoms with E-state index in [1.165, 1.54) is 0 Å². The fourth-order valence-corrected chi connectivity index (χ4v) is 4.29. The first-order chi connectivity index (χ1) is 13.4. The summed E-state index contributed by atoms with van der Waals surface area (Å²) in [5.41, 5.74) is 2.22. The van der Waals surface area contributed by atoms with Gasteiger partial charge in [-0.1, -0.05) is 41.9 Å². The molecule has 1 saturated heterocycles. The smallest absolute Gasteiger partial charge is 0.323 e. The molecular formula is C21H20ClN3O3. The number of fused-ring (bicyclic) bond motifs is 2. The summed E-state index contributed by atoms with van der Waals surface area (Å²) < 4.78 is 0. The van der Waals surface area contributed by atoms with Gasteiger partial charge in [-0.2, -0.15) is 0 Å². The Labute approximate surface area is 167 Å². The first-order valence-corrected chi connectivity index (χ1v) is 9.57. The molecule has 1 heterocycles. The van der Waals surface area contributed by atoms with Crippen molar-refractivity contribution < 1.29 is 14.4 Å². The lowest BCUT2D eigenvalue weighted by Crippen LogP contribution is -2.47. The molecular weight excluding hydrogens is 378 g/mol. The molecule has 1 aliphatic carbocycles. The second-order valence-electron chi connectivity index (χ2n) is 7.27. The molecule has 2 N–H and O–H groups in total. The maximum absolute atomic E-state index is 13.2. The Morgan fingerprint density at radius 2 is 2.04 bits per heavy atom. The molecule has 6 nitrogen and oxygen atoms in total. The molecule has 0 saturated carbocycles. The van der Waals surface area contributed by atoms with Crippen molar-refractivity contribution in [2.45, 2.75) is 31.7 Å². The summed E-state index contributed by atoms with van der Waals surface area (Å²) in [6, 6.07) is 12.3. The van der Waals surface area contributed by atoms with Crippen LogP contribution >= 0.6 is 11.6 Å². The van der Waals surface area contributed by atoms with Gasteiger partial charge in [0.1, 0.15) is 12.1 Å². The molecule has 1 aliphatic heterocycles. The number of amides is 4. The first kappa shape index (κ1) is 18.5. The lowest BCUT2D eigenvalue weighted by Gasteiger charge is -2.33. The Kier molecular flexibility index (Phi) is 4.59. The number of halogens is 1. The highest BCUT2D eigenvalue weighted by molar-refractivity contribution is 6.33. The summed E-state index contributed by atoms with van der Waals surface area (Å²) in [7, 11) is 0. The molecule has 0 aromatic heterocycles. The monoisotopic (exact) mass is 397 g/mol. The van der Waals surface area contributed by atoms with Gasteiger partial charge in [0.25, 0.3) is 5.91 Å². The van der Waals surface area contributed by atoms with Crippen LogP contribution in [0.1, 0.15) is 29.5 Å². The van der Waals surface area contributed by atoms with Crippen molar-refractivity contribution >= 4 is 35.1 Å². The van der Waals surface area contributed by atoms with Gasteiger partial charge in [-0.05, 0) is 55.0 Å². The Morgan fingerprint density at radius 3 is 2.82 bits per heavy atom. The molecule has 1 fully saturated rings. The summed E-state index contributed by atoms with van der Waals surface area (Å²) in [4.78, 5) is 39.2. The van der Waals surface area contributed by atoms with Gasteiger partial charge in [0.2, 0.25) is 5.91 Å². The molecule has 2 aliphatic rings. The molecule has 1 atom stereocenters. The lowest BCUT2D eigenvalue weighted by atomic mass is 9.76. The van der Waals surface area contributed by atoms with Gasteiger partial charge in [-0.3, -0.25) is 14.5 Å². The van der Waals surface area contributed by atoms with Crippen molar-refractivity contribution in [3.05, 3.63) is 64.2 Å². The maximum atomic E-state index is 13.2. The Balaban J connectivity index is 1.55. The fraction of sp³-hybridized carbons (Fsp3) is 0.286. The van der Waals surface area contributed by atoms with E-state index in [2.05, 4.69) is 10.6 Å². The van der Waals surface area contributed by atoms with Gasteiger partial charge in [0, 0.05) is 0 Å². The number of carbonyl (C=O) groups excluding carboxylic acids is 3. The van der Waals surface area contributed by atoms with Crippen molar-refractivity contribution in [3.63, 3.8) is 0 Å². The SMILES string of the molecule is Cc1ccc(NC(=O)CN2C(=O)N[C@]3(CCCc4ccccc43)C2=O)c(Cl)c1. The van der Waals surface area contributed by atoms with E-state index < -0.39 is 17.5 Å². The minimum atomic E-state index is -1.08. The highest BCUT2D eigenvalue weighted by Gasteiger charge is 2.54. The normalized spacial score (nSPS) is 20.9. The van der Waals surface area contributed by atoms with Crippen molar-refractivity contribution in [2.24, 2.45) is 0 Å². The fourth-order valence-electron chi connectivity index (χ4n) is 4.01. The summed E-state index contributed by atoms with van der Waals surface area (Å²) in [5, 5.41) is 5.92. The Bertz CT molecular complexity index is 991.